The number of piperazine rings is 1. The molecule has 0 aromatic heterocycles. The molecule has 2 rings (SSSR count). The molecule has 0 unspecified atom stereocenters. The number of nitrogen functional groups attached to an aromatic ring is 1. The quantitative estimate of drug-likeness (QED) is 0.628. The number of hydrogen-bond donors (Lipinski definition) is 1. The van der Waals surface area contributed by atoms with Gasteiger partial charge in [0.2, 0.25) is 0 Å². The Morgan fingerprint density at radius 3 is 2.37 bits per heavy atom. The van der Waals surface area contributed by atoms with Crippen molar-refractivity contribution >= 4 is 11.4 Å². The van der Waals surface area contributed by atoms with Crippen LogP contribution in [0.25, 0.3) is 0 Å². The van der Waals surface area contributed by atoms with E-state index in [0.717, 1.165) is 58.0 Å². The number of hydrogen-bond acceptors (Lipinski definition) is 4. The zero-order valence-corrected chi connectivity index (χ0v) is 11.8. The molecule has 1 aliphatic heterocycles. The molecule has 19 heavy (non-hydrogen) atoms. The molecular formula is C15H25N3O. The second-order valence-electron chi connectivity index (χ2n) is 5.03. The van der Waals surface area contributed by atoms with Gasteiger partial charge in [0.1, 0.15) is 0 Å². The Balaban J connectivity index is 1.71. The molecule has 0 aliphatic carbocycles. The second-order valence-corrected chi connectivity index (χ2v) is 5.03. The molecular weight excluding hydrogens is 238 g/mol. The van der Waals surface area contributed by atoms with Crippen LogP contribution >= 0.6 is 0 Å². The summed E-state index contributed by atoms with van der Waals surface area (Å²) in [4.78, 5) is 4.90. The molecule has 4 nitrogen and oxygen atoms in total. The second kappa shape index (κ2) is 7.36. The summed E-state index contributed by atoms with van der Waals surface area (Å²) in [6.07, 6.45) is 1.10. The Kier molecular flexibility index (Phi) is 5.48. The van der Waals surface area contributed by atoms with Crippen LogP contribution in [-0.2, 0) is 4.74 Å². The maximum atomic E-state index is 5.72. The van der Waals surface area contributed by atoms with Crippen LogP contribution in [0.1, 0.15) is 13.3 Å². The van der Waals surface area contributed by atoms with Crippen LogP contribution in [0.3, 0.4) is 0 Å². The molecule has 2 N–H and O–H groups in total. The summed E-state index contributed by atoms with van der Waals surface area (Å²) < 4.78 is 5.54. The number of rotatable bonds is 6. The average molecular weight is 263 g/mol. The zero-order chi connectivity index (χ0) is 13.5. The zero-order valence-electron chi connectivity index (χ0n) is 11.8. The van der Waals surface area contributed by atoms with Crippen LogP contribution in [0.5, 0.6) is 0 Å². The SMILES string of the molecule is CCCOCCN1CCN(c2ccc(N)cc2)CC1. The lowest BCUT2D eigenvalue weighted by atomic mass is 10.2. The van der Waals surface area contributed by atoms with E-state index in [4.69, 9.17) is 10.5 Å². The predicted octanol–water partition coefficient (Wildman–Crippen LogP) is 1.82. The molecule has 1 aliphatic rings. The summed E-state index contributed by atoms with van der Waals surface area (Å²) in [7, 11) is 0. The molecule has 1 saturated heterocycles. The van der Waals surface area contributed by atoms with Crippen LogP contribution in [0.15, 0.2) is 24.3 Å². The first-order valence-electron chi connectivity index (χ1n) is 7.20. The maximum absolute atomic E-state index is 5.72. The van der Waals surface area contributed by atoms with Crippen LogP contribution in [0, 0.1) is 0 Å². The highest BCUT2D eigenvalue weighted by atomic mass is 16.5. The van der Waals surface area contributed by atoms with Gasteiger partial charge in [-0.3, -0.25) is 4.90 Å². The molecule has 0 spiro atoms. The lowest BCUT2D eigenvalue weighted by molar-refractivity contribution is 0.102. The van der Waals surface area contributed by atoms with Gasteiger partial charge in [-0.2, -0.15) is 0 Å². The Hall–Kier alpha value is -1.26. The van der Waals surface area contributed by atoms with Crippen molar-refractivity contribution in [1.82, 2.24) is 4.90 Å². The van der Waals surface area contributed by atoms with E-state index in [9.17, 15) is 0 Å². The normalized spacial score (nSPS) is 16.8. The topological polar surface area (TPSA) is 41.7 Å². The number of anilines is 2. The van der Waals surface area contributed by atoms with Crippen LogP contribution < -0.4 is 10.6 Å². The monoisotopic (exact) mass is 263 g/mol. The average Bonchev–Trinajstić information content (AvgIpc) is 2.45. The van der Waals surface area contributed by atoms with Crippen LogP contribution in [0.4, 0.5) is 11.4 Å². The largest absolute Gasteiger partial charge is 0.399 e. The van der Waals surface area contributed by atoms with Gasteiger partial charge in [0, 0.05) is 50.7 Å². The van der Waals surface area contributed by atoms with E-state index in [0.29, 0.717) is 0 Å². The van der Waals surface area contributed by atoms with Crippen LogP contribution in [-0.4, -0.2) is 50.8 Å². The Bertz CT molecular complexity index is 358. The first kappa shape index (κ1) is 14.2. The highest BCUT2D eigenvalue weighted by molar-refractivity contribution is 5.53. The molecule has 0 atom stereocenters. The van der Waals surface area contributed by atoms with Crippen molar-refractivity contribution in [2.45, 2.75) is 13.3 Å². The van der Waals surface area contributed by atoms with Gasteiger partial charge in [-0.1, -0.05) is 6.92 Å². The van der Waals surface area contributed by atoms with E-state index in [1.54, 1.807) is 0 Å². The van der Waals surface area contributed by atoms with E-state index in [2.05, 4.69) is 28.9 Å². The summed E-state index contributed by atoms with van der Waals surface area (Å²) in [6, 6.07) is 8.16. The van der Waals surface area contributed by atoms with Crippen molar-refractivity contribution in [3.05, 3.63) is 24.3 Å². The van der Waals surface area contributed by atoms with Gasteiger partial charge in [0.25, 0.3) is 0 Å². The molecule has 0 radical (unpaired) electrons. The van der Waals surface area contributed by atoms with Crippen molar-refractivity contribution in [3.8, 4) is 0 Å². The molecule has 4 heteroatoms. The smallest absolute Gasteiger partial charge is 0.0593 e. The van der Waals surface area contributed by atoms with E-state index in [1.807, 2.05) is 12.1 Å². The summed E-state index contributed by atoms with van der Waals surface area (Å²) >= 11 is 0. The fourth-order valence-corrected chi connectivity index (χ4v) is 2.35. The summed E-state index contributed by atoms with van der Waals surface area (Å²) in [5.41, 5.74) is 7.82. The van der Waals surface area contributed by atoms with Crippen molar-refractivity contribution < 1.29 is 4.74 Å². The summed E-state index contributed by atoms with van der Waals surface area (Å²) in [5, 5.41) is 0. The van der Waals surface area contributed by atoms with Gasteiger partial charge in [-0.05, 0) is 30.7 Å². The van der Waals surface area contributed by atoms with Crippen molar-refractivity contribution in [2.24, 2.45) is 0 Å². The van der Waals surface area contributed by atoms with Gasteiger partial charge in [-0.25, -0.2) is 0 Å². The molecule has 106 valence electrons. The third-order valence-corrected chi connectivity index (χ3v) is 3.53. The lowest BCUT2D eigenvalue weighted by Crippen LogP contribution is -2.47. The van der Waals surface area contributed by atoms with E-state index < -0.39 is 0 Å². The minimum atomic E-state index is 0.829. The number of ether oxygens (including phenoxy) is 1. The maximum Gasteiger partial charge on any atom is 0.0593 e. The lowest BCUT2D eigenvalue weighted by Gasteiger charge is -2.36. The molecule has 1 heterocycles. The molecule has 0 amide bonds. The number of nitrogens with two attached hydrogens (primary N) is 1. The Morgan fingerprint density at radius 2 is 1.74 bits per heavy atom. The highest BCUT2D eigenvalue weighted by Gasteiger charge is 2.16. The molecule has 1 fully saturated rings. The minimum absolute atomic E-state index is 0.829. The predicted molar refractivity (Wildman–Crippen MR) is 80.6 cm³/mol. The highest BCUT2D eigenvalue weighted by Crippen LogP contribution is 2.17. The minimum Gasteiger partial charge on any atom is -0.399 e. The first-order chi connectivity index (χ1) is 9.29. The van der Waals surface area contributed by atoms with Crippen molar-refractivity contribution in [2.75, 3.05) is 56.6 Å². The van der Waals surface area contributed by atoms with Gasteiger partial charge < -0.3 is 15.4 Å². The van der Waals surface area contributed by atoms with E-state index in [1.165, 1.54) is 5.69 Å². The fraction of sp³-hybridized carbons (Fsp3) is 0.600. The van der Waals surface area contributed by atoms with Gasteiger partial charge in [-0.15, -0.1) is 0 Å². The van der Waals surface area contributed by atoms with Gasteiger partial charge in [0.05, 0.1) is 6.61 Å². The molecule has 0 bridgehead atoms. The Labute approximate surface area is 116 Å². The van der Waals surface area contributed by atoms with Gasteiger partial charge >= 0.3 is 0 Å². The number of benzene rings is 1. The third-order valence-electron chi connectivity index (χ3n) is 3.53. The summed E-state index contributed by atoms with van der Waals surface area (Å²) in [5.74, 6) is 0. The standard InChI is InChI=1S/C15H25N3O/c1-2-12-19-13-11-17-7-9-18(10-8-17)15-5-3-14(16)4-6-15/h3-6H,2,7-13,16H2,1H3. The molecule has 0 saturated carbocycles. The van der Waals surface area contributed by atoms with Gasteiger partial charge in [0.15, 0.2) is 0 Å². The molecule has 1 aromatic rings. The fourth-order valence-electron chi connectivity index (χ4n) is 2.35. The third kappa shape index (κ3) is 4.40. The first-order valence-corrected chi connectivity index (χ1v) is 7.20. The van der Waals surface area contributed by atoms with E-state index in [-0.39, 0.29) is 0 Å². The number of nitrogens with zero attached hydrogens (tertiary/aromatic N) is 2. The van der Waals surface area contributed by atoms with E-state index >= 15 is 0 Å². The molecule has 1 aromatic carbocycles. The Morgan fingerprint density at radius 1 is 1.05 bits per heavy atom. The van der Waals surface area contributed by atoms with Crippen molar-refractivity contribution in [3.63, 3.8) is 0 Å². The summed E-state index contributed by atoms with van der Waals surface area (Å²) in [6.45, 7) is 9.32. The van der Waals surface area contributed by atoms with Crippen LogP contribution in [0.2, 0.25) is 0 Å². The van der Waals surface area contributed by atoms with Crippen molar-refractivity contribution in [1.29, 1.82) is 0 Å².